The SMILES string of the molecule is Cc1ccc(C(=O)N2CCC(C)C(CN)C2)s1. The molecule has 0 aliphatic carbocycles. The first-order valence-corrected chi connectivity index (χ1v) is 6.99. The molecule has 2 heterocycles. The molecule has 1 fully saturated rings. The number of piperidine rings is 1. The Kier molecular flexibility index (Phi) is 3.84. The maximum Gasteiger partial charge on any atom is 0.263 e. The number of aryl methyl sites for hydroxylation is 1. The summed E-state index contributed by atoms with van der Waals surface area (Å²) < 4.78 is 0. The van der Waals surface area contributed by atoms with Crippen LogP contribution >= 0.6 is 11.3 Å². The average molecular weight is 252 g/mol. The van der Waals surface area contributed by atoms with Gasteiger partial charge < -0.3 is 10.6 Å². The van der Waals surface area contributed by atoms with E-state index in [1.165, 1.54) is 4.88 Å². The van der Waals surface area contributed by atoms with Gasteiger partial charge in [-0.2, -0.15) is 0 Å². The largest absolute Gasteiger partial charge is 0.338 e. The zero-order chi connectivity index (χ0) is 12.4. The average Bonchev–Trinajstić information content (AvgIpc) is 2.75. The number of rotatable bonds is 2. The van der Waals surface area contributed by atoms with Crippen LogP contribution in [0.5, 0.6) is 0 Å². The Morgan fingerprint density at radius 1 is 1.59 bits per heavy atom. The first-order valence-electron chi connectivity index (χ1n) is 6.17. The molecule has 0 spiro atoms. The Labute approximate surface area is 107 Å². The zero-order valence-corrected chi connectivity index (χ0v) is 11.3. The third-order valence-corrected chi connectivity index (χ3v) is 4.64. The fourth-order valence-electron chi connectivity index (χ4n) is 2.35. The van der Waals surface area contributed by atoms with E-state index in [0.717, 1.165) is 24.4 Å². The van der Waals surface area contributed by atoms with Gasteiger partial charge in [0.1, 0.15) is 0 Å². The van der Waals surface area contributed by atoms with Crippen LogP contribution < -0.4 is 5.73 Å². The van der Waals surface area contributed by atoms with Crippen LogP contribution in [0.25, 0.3) is 0 Å². The molecule has 1 aromatic heterocycles. The smallest absolute Gasteiger partial charge is 0.263 e. The van der Waals surface area contributed by atoms with Crippen molar-refractivity contribution in [2.45, 2.75) is 20.3 Å². The number of likely N-dealkylation sites (tertiary alicyclic amines) is 1. The fraction of sp³-hybridized carbons (Fsp3) is 0.615. The molecule has 1 aromatic rings. The maximum absolute atomic E-state index is 12.3. The summed E-state index contributed by atoms with van der Waals surface area (Å²) in [7, 11) is 0. The van der Waals surface area contributed by atoms with Crippen LogP contribution in [-0.4, -0.2) is 30.4 Å². The molecule has 0 bridgehead atoms. The van der Waals surface area contributed by atoms with E-state index >= 15 is 0 Å². The van der Waals surface area contributed by atoms with Crippen molar-refractivity contribution in [1.29, 1.82) is 0 Å². The van der Waals surface area contributed by atoms with Crippen molar-refractivity contribution < 1.29 is 4.79 Å². The molecule has 1 aliphatic heterocycles. The lowest BCUT2D eigenvalue weighted by Gasteiger charge is -2.36. The van der Waals surface area contributed by atoms with Crippen LogP contribution in [0.15, 0.2) is 12.1 Å². The lowest BCUT2D eigenvalue weighted by Crippen LogP contribution is -2.45. The topological polar surface area (TPSA) is 46.3 Å². The molecular formula is C13H20N2OS. The van der Waals surface area contributed by atoms with Crippen molar-refractivity contribution in [2.24, 2.45) is 17.6 Å². The number of hydrogen-bond donors (Lipinski definition) is 1. The second kappa shape index (κ2) is 5.19. The van der Waals surface area contributed by atoms with Crippen molar-refractivity contribution >= 4 is 17.2 Å². The first kappa shape index (κ1) is 12.6. The molecule has 3 nitrogen and oxygen atoms in total. The van der Waals surface area contributed by atoms with Gasteiger partial charge >= 0.3 is 0 Å². The molecular weight excluding hydrogens is 232 g/mol. The first-order chi connectivity index (χ1) is 8.11. The molecule has 1 saturated heterocycles. The molecule has 1 amide bonds. The van der Waals surface area contributed by atoms with Gasteiger partial charge in [0.25, 0.3) is 5.91 Å². The monoisotopic (exact) mass is 252 g/mol. The third-order valence-electron chi connectivity index (χ3n) is 3.66. The Bertz CT molecular complexity index is 402. The maximum atomic E-state index is 12.3. The van der Waals surface area contributed by atoms with Gasteiger partial charge in [-0.05, 0) is 43.9 Å². The predicted octanol–water partition coefficient (Wildman–Crippen LogP) is 2.11. The minimum atomic E-state index is 0.174. The Balaban J connectivity index is 2.05. The highest BCUT2D eigenvalue weighted by atomic mass is 32.1. The fourth-order valence-corrected chi connectivity index (χ4v) is 3.18. The number of thiophene rings is 1. The highest BCUT2D eigenvalue weighted by Crippen LogP contribution is 2.25. The van der Waals surface area contributed by atoms with Gasteiger partial charge in [-0.15, -0.1) is 11.3 Å². The summed E-state index contributed by atoms with van der Waals surface area (Å²) in [6, 6.07) is 3.93. The van der Waals surface area contributed by atoms with Gasteiger partial charge in [0, 0.05) is 18.0 Å². The van der Waals surface area contributed by atoms with E-state index in [1.54, 1.807) is 11.3 Å². The number of hydrogen-bond acceptors (Lipinski definition) is 3. The molecule has 0 aromatic carbocycles. The highest BCUT2D eigenvalue weighted by molar-refractivity contribution is 7.13. The van der Waals surface area contributed by atoms with Crippen molar-refractivity contribution in [3.05, 3.63) is 21.9 Å². The number of nitrogens with zero attached hydrogens (tertiary/aromatic N) is 1. The van der Waals surface area contributed by atoms with Gasteiger partial charge in [-0.25, -0.2) is 0 Å². The van der Waals surface area contributed by atoms with E-state index in [0.29, 0.717) is 18.4 Å². The van der Waals surface area contributed by atoms with E-state index < -0.39 is 0 Å². The summed E-state index contributed by atoms with van der Waals surface area (Å²) in [4.78, 5) is 16.3. The Morgan fingerprint density at radius 3 is 2.94 bits per heavy atom. The summed E-state index contributed by atoms with van der Waals surface area (Å²) in [6.45, 7) is 6.62. The molecule has 2 unspecified atom stereocenters. The summed E-state index contributed by atoms with van der Waals surface area (Å²) in [5.74, 6) is 1.26. The molecule has 2 N–H and O–H groups in total. The predicted molar refractivity (Wildman–Crippen MR) is 71.3 cm³/mol. The standard InChI is InChI=1S/C13H20N2OS/c1-9-5-6-15(8-11(9)7-14)13(16)12-4-3-10(2)17-12/h3-4,9,11H,5-8,14H2,1-2H3. The van der Waals surface area contributed by atoms with E-state index in [4.69, 9.17) is 5.73 Å². The van der Waals surface area contributed by atoms with Crippen LogP contribution in [0.4, 0.5) is 0 Å². The van der Waals surface area contributed by atoms with Crippen LogP contribution in [-0.2, 0) is 0 Å². The molecule has 0 radical (unpaired) electrons. The molecule has 2 rings (SSSR count). The summed E-state index contributed by atoms with van der Waals surface area (Å²) >= 11 is 1.58. The summed E-state index contributed by atoms with van der Waals surface area (Å²) in [6.07, 6.45) is 1.07. The highest BCUT2D eigenvalue weighted by Gasteiger charge is 2.28. The summed E-state index contributed by atoms with van der Waals surface area (Å²) in [5, 5.41) is 0. The normalized spacial score (nSPS) is 25.0. The molecule has 17 heavy (non-hydrogen) atoms. The second-order valence-electron chi connectivity index (χ2n) is 4.92. The van der Waals surface area contributed by atoms with E-state index in [-0.39, 0.29) is 5.91 Å². The second-order valence-corrected chi connectivity index (χ2v) is 6.21. The Hall–Kier alpha value is -0.870. The van der Waals surface area contributed by atoms with Crippen LogP contribution in [0.2, 0.25) is 0 Å². The molecule has 4 heteroatoms. The minimum absolute atomic E-state index is 0.174. The number of amides is 1. The van der Waals surface area contributed by atoms with E-state index in [1.807, 2.05) is 24.0 Å². The number of carbonyl (C=O) groups is 1. The lowest BCUT2D eigenvalue weighted by molar-refractivity contribution is 0.0623. The van der Waals surface area contributed by atoms with Crippen molar-refractivity contribution in [3.63, 3.8) is 0 Å². The third kappa shape index (κ3) is 2.69. The van der Waals surface area contributed by atoms with Gasteiger partial charge in [0.05, 0.1) is 4.88 Å². The van der Waals surface area contributed by atoms with E-state index in [2.05, 4.69) is 6.92 Å². The van der Waals surface area contributed by atoms with Gasteiger partial charge in [-0.3, -0.25) is 4.79 Å². The van der Waals surface area contributed by atoms with Crippen molar-refractivity contribution in [1.82, 2.24) is 4.90 Å². The van der Waals surface area contributed by atoms with Gasteiger partial charge in [0.15, 0.2) is 0 Å². The molecule has 2 atom stereocenters. The van der Waals surface area contributed by atoms with Crippen LogP contribution in [0, 0.1) is 18.8 Å². The minimum Gasteiger partial charge on any atom is -0.338 e. The van der Waals surface area contributed by atoms with Crippen molar-refractivity contribution in [2.75, 3.05) is 19.6 Å². The van der Waals surface area contributed by atoms with E-state index in [9.17, 15) is 4.79 Å². The number of carbonyl (C=O) groups excluding carboxylic acids is 1. The van der Waals surface area contributed by atoms with Crippen molar-refractivity contribution in [3.8, 4) is 0 Å². The molecule has 1 aliphatic rings. The van der Waals surface area contributed by atoms with Crippen LogP contribution in [0.1, 0.15) is 27.9 Å². The zero-order valence-electron chi connectivity index (χ0n) is 10.5. The molecule has 94 valence electrons. The van der Waals surface area contributed by atoms with Gasteiger partial charge in [0.2, 0.25) is 0 Å². The number of nitrogens with two attached hydrogens (primary N) is 1. The van der Waals surface area contributed by atoms with Gasteiger partial charge in [-0.1, -0.05) is 6.92 Å². The van der Waals surface area contributed by atoms with Crippen LogP contribution in [0.3, 0.4) is 0 Å². The quantitative estimate of drug-likeness (QED) is 0.876. The Morgan fingerprint density at radius 2 is 2.35 bits per heavy atom. The lowest BCUT2D eigenvalue weighted by atomic mass is 9.87. The summed E-state index contributed by atoms with van der Waals surface area (Å²) in [5.41, 5.74) is 5.76. The molecule has 0 saturated carbocycles.